The van der Waals surface area contributed by atoms with Crippen LogP contribution in [0.5, 0.6) is 0 Å². The highest BCUT2D eigenvalue weighted by molar-refractivity contribution is 5.97. The second-order valence-corrected chi connectivity index (χ2v) is 10.7. The molecule has 13 nitrogen and oxygen atoms in total. The van der Waals surface area contributed by atoms with E-state index in [9.17, 15) is 24.0 Å². The zero-order valence-electron chi connectivity index (χ0n) is 23.6. The van der Waals surface area contributed by atoms with Crippen molar-refractivity contribution >= 4 is 35.5 Å². The van der Waals surface area contributed by atoms with Gasteiger partial charge in [0.1, 0.15) is 23.7 Å². The maximum Gasteiger partial charge on any atom is 0.246 e. The first-order chi connectivity index (χ1) is 17.6. The average molecular weight is 539 g/mol. The van der Waals surface area contributed by atoms with E-state index in [1.807, 2.05) is 13.8 Å². The Labute approximate surface area is 225 Å². The van der Waals surface area contributed by atoms with Gasteiger partial charge in [0.25, 0.3) is 0 Å². The summed E-state index contributed by atoms with van der Waals surface area (Å²) >= 11 is 0. The summed E-state index contributed by atoms with van der Waals surface area (Å²) in [6.45, 7) is 12.2. The molecule has 1 rings (SSSR count). The lowest BCUT2D eigenvalue weighted by Gasteiger charge is -2.34. The number of hydrogen-bond donors (Lipinski definition) is 7. The smallest absolute Gasteiger partial charge is 0.246 e. The number of nitrogens with two attached hydrogens (primary N) is 2. The van der Waals surface area contributed by atoms with Gasteiger partial charge in [0.05, 0.1) is 6.04 Å². The Morgan fingerprint density at radius 3 is 2.11 bits per heavy atom. The number of guanidine groups is 1. The van der Waals surface area contributed by atoms with Gasteiger partial charge in [-0.15, -0.1) is 0 Å². The molecule has 0 aliphatic carbocycles. The average Bonchev–Trinajstić information content (AvgIpc) is 2.82. The summed E-state index contributed by atoms with van der Waals surface area (Å²) in [6.07, 6.45) is 0.918. The van der Waals surface area contributed by atoms with Gasteiger partial charge in [-0.05, 0) is 38.5 Å². The summed E-state index contributed by atoms with van der Waals surface area (Å²) in [5, 5.41) is 13.6. The molecule has 1 heterocycles. The SMILES string of the molecule is CCC(N=C(N)N)[C@@H]1NC(=O)[C@](C)(NC(=O)C(C)C)CCNC(=O)[C@@H](CC(C)C)NC(=O)[C@H](CC)NC1=O. The first-order valence-corrected chi connectivity index (χ1v) is 13.2. The van der Waals surface area contributed by atoms with Crippen molar-refractivity contribution in [3.05, 3.63) is 0 Å². The van der Waals surface area contributed by atoms with E-state index < -0.39 is 59.3 Å². The molecule has 0 aromatic carbocycles. The summed E-state index contributed by atoms with van der Waals surface area (Å²) < 4.78 is 0. The molecule has 5 amide bonds. The van der Waals surface area contributed by atoms with Gasteiger partial charge in [-0.2, -0.15) is 0 Å². The molecule has 216 valence electrons. The molecule has 0 bridgehead atoms. The van der Waals surface area contributed by atoms with Crippen molar-refractivity contribution in [1.29, 1.82) is 0 Å². The highest BCUT2D eigenvalue weighted by Gasteiger charge is 2.40. The molecule has 0 aromatic rings. The van der Waals surface area contributed by atoms with Crippen molar-refractivity contribution in [2.24, 2.45) is 28.3 Å². The van der Waals surface area contributed by atoms with Gasteiger partial charge < -0.3 is 38.1 Å². The maximum atomic E-state index is 13.6. The van der Waals surface area contributed by atoms with Gasteiger partial charge in [-0.3, -0.25) is 24.0 Å². The summed E-state index contributed by atoms with van der Waals surface area (Å²) in [5.41, 5.74) is 9.69. The van der Waals surface area contributed by atoms with Crippen molar-refractivity contribution in [3.8, 4) is 0 Å². The Bertz CT molecular complexity index is 902. The third kappa shape index (κ3) is 9.49. The van der Waals surface area contributed by atoms with Gasteiger partial charge >= 0.3 is 0 Å². The number of amides is 5. The number of rotatable bonds is 8. The Balaban J connectivity index is 3.57. The van der Waals surface area contributed by atoms with E-state index in [-0.39, 0.29) is 37.2 Å². The van der Waals surface area contributed by atoms with Crippen LogP contribution >= 0.6 is 0 Å². The molecule has 5 atom stereocenters. The quantitative estimate of drug-likeness (QED) is 0.151. The molecule has 13 heteroatoms. The minimum atomic E-state index is -1.48. The summed E-state index contributed by atoms with van der Waals surface area (Å²) in [4.78, 5) is 69.9. The van der Waals surface area contributed by atoms with Gasteiger partial charge in [0.15, 0.2) is 5.96 Å². The van der Waals surface area contributed by atoms with E-state index in [2.05, 4.69) is 31.6 Å². The predicted octanol–water partition coefficient (Wildman–Crippen LogP) is -1.00. The Morgan fingerprint density at radius 2 is 1.61 bits per heavy atom. The molecule has 0 saturated carbocycles. The van der Waals surface area contributed by atoms with E-state index in [1.165, 1.54) is 6.92 Å². The third-order valence-corrected chi connectivity index (χ3v) is 6.42. The first kappa shape index (κ1) is 32.6. The molecule has 1 aliphatic heterocycles. The molecule has 1 fully saturated rings. The fourth-order valence-corrected chi connectivity index (χ4v) is 4.03. The number of carbonyl (C=O) groups is 5. The molecular weight excluding hydrogens is 492 g/mol. The van der Waals surface area contributed by atoms with E-state index in [4.69, 9.17) is 11.5 Å². The monoisotopic (exact) mass is 538 g/mol. The minimum Gasteiger partial charge on any atom is -0.370 e. The van der Waals surface area contributed by atoms with Gasteiger partial charge in [0, 0.05) is 12.5 Å². The zero-order valence-corrected chi connectivity index (χ0v) is 23.6. The van der Waals surface area contributed by atoms with Crippen LogP contribution < -0.4 is 38.1 Å². The fourth-order valence-electron chi connectivity index (χ4n) is 4.03. The maximum absolute atomic E-state index is 13.6. The highest BCUT2D eigenvalue weighted by Crippen LogP contribution is 2.15. The van der Waals surface area contributed by atoms with Crippen LogP contribution in [0.1, 0.15) is 74.1 Å². The van der Waals surface area contributed by atoms with E-state index in [0.717, 1.165) is 0 Å². The summed E-state index contributed by atoms with van der Waals surface area (Å²) in [5.74, 6) is -3.22. The Hall–Kier alpha value is -3.38. The molecule has 1 saturated heterocycles. The predicted molar refractivity (Wildman–Crippen MR) is 144 cm³/mol. The second kappa shape index (κ2) is 14.5. The second-order valence-electron chi connectivity index (χ2n) is 10.7. The molecule has 1 unspecified atom stereocenters. The lowest BCUT2D eigenvalue weighted by molar-refractivity contribution is -0.138. The summed E-state index contributed by atoms with van der Waals surface area (Å²) in [6, 6.07) is -3.90. The number of nitrogens with one attached hydrogen (secondary N) is 5. The molecule has 1 aliphatic rings. The van der Waals surface area contributed by atoms with Crippen LogP contribution in [0.2, 0.25) is 0 Å². The van der Waals surface area contributed by atoms with Gasteiger partial charge in [-0.1, -0.05) is 41.5 Å². The molecular formula is C25H46N8O5. The van der Waals surface area contributed by atoms with Crippen LogP contribution in [-0.2, 0) is 24.0 Å². The van der Waals surface area contributed by atoms with Crippen LogP contribution in [0, 0.1) is 11.8 Å². The summed E-state index contributed by atoms with van der Waals surface area (Å²) in [7, 11) is 0. The minimum absolute atomic E-state index is 0.0242. The van der Waals surface area contributed by atoms with Crippen molar-refractivity contribution in [2.75, 3.05) is 6.54 Å². The standard InChI is InChI=1S/C25H46N8O5/c1-8-15(31-24(26)27)18-22(37)29-16(9-2)21(36)30-17(12-13(3)4)20(35)28-11-10-25(7,23(38)32-18)33-19(34)14(5)6/h13-18H,8-12H2,1-7H3,(H,28,35)(H,29,37)(H,30,36)(H,32,38)(H,33,34)(H4,26,27,31)/t15?,16-,17+,18-,25+/m0/s1. The number of hydrogen-bond acceptors (Lipinski definition) is 6. The van der Waals surface area contributed by atoms with Crippen LogP contribution in [0.15, 0.2) is 4.99 Å². The van der Waals surface area contributed by atoms with Crippen molar-refractivity contribution < 1.29 is 24.0 Å². The van der Waals surface area contributed by atoms with Crippen molar-refractivity contribution in [2.45, 2.75) is 104 Å². The van der Waals surface area contributed by atoms with Crippen molar-refractivity contribution in [1.82, 2.24) is 26.6 Å². The lowest BCUT2D eigenvalue weighted by Crippen LogP contribution is -2.65. The van der Waals surface area contributed by atoms with Crippen LogP contribution in [0.3, 0.4) is 0 Å². The number of carbonyl (C=O) groups excluding carboxylic acids is 5. The van der Waals surface area contributed by atoms with Crippen molar-refractivity contribution in [3.63, 3.8) is 0 Å². The van der Waals surface area contributed by atoms with Crippen LogP contribution in [0.25, 0.3) is 0 Å². The normalized spacial score (nSPS) is 26.4. The third-order valence-electron chi connectivity index (χ3n) is 6.42. The van der Waals surface area contributed by atoms with E-state index in [1.54, 1.807) is 27.7 Å². The molecule has 0 radical (unpaired) electrons. The topological polar surface area (TPSA) is 210 Å². The Kier molecular flexibility index (Phi) is 12.5. The fraction of sp³-hybridized carbons (Fsp3) is 0.760. The number of nitrogens with zero attached hydrogens (tertiary/aromatic N) is 1. The van der Waals surface area contributed by atoms with Crippen LogP contribution in [0.4, 0.5) is 0 Å². The molecule has 9 N–H and O–H groups in total. The molecule has 0 spiro atoms. The molecule has 38 heavy (non-hydrogen) atoms. The van der Waals surface area contributed by atoms with Gasteiger partial charge in [0.2, 0.25) is 29.5 Å². The first-order valence-electron chi connectivity index (χ1n) is 13.2. The van der Waals surface area contributed by atoms with E-state index in [0.29, 0.717) is 12.8 Å². The van der Waals surface area contributed by atoms with Gasteiger partial charge in [-0.25, -0.2) is 4.99 Å². The number of aliphatic imine (C=N–C) groups is 1. The zero-order chi connectivity index (χ0) is 29.2. The van der Waals surface area contributed by atoms with Crippen LogP contribution in [-0.4, -0.2) is 71.7 Å². The highest BCUT2D eigenvalue weighted by atomic mass is 16.2. The van der Waals surface area contributed by atoms with E-state index >= 15 is 0 Å². The largest absolute Gasteiger partial charge is 0.370 e. The Morgan fingerprint density at radius 1 is 1.00 bits per heavy atom. The lowest BCUT2D eigenvalue weighted by atomic mass is 9.93. The molecule has 0 aromatic heterocycles.